The number of halogens is 3. The summed E-state index contributed by atoms with van der Waals surface area (Å²) in [4.78, 5) is 17.6. The summed E-state index contributed by atoms with van der Waals surface area (Å²) in [6.45, 7) is 3.00. The predicted molar refractivity (Wildman–Crippen MR) is 117 cm³/mol. The maximum Gasteiger partial charge on any atom is 0.416 e. The summed E-state index contributed by atoms with van der Waals surface area (Å²) >= 11 is 0. The lowest BCUT2D eigenvalue weighted by molar-refractivity contribution is -0.137. The molecule has 0 heterocycles. The molecule has 2 rings (SSSR count). The van der Waals surface area contributed by atoms with E-state index >= 15 is 0 Å². The number of hydrogen-bond acceptors (Lipinski definition) is 2. The van der Waals surface area contributed by atoms with E-state index in [0.717, 1.165) is 11.6 Å². The van der Waals surface area contributed by atoms with Gasteiger partial charge in [0.2, 0.25) is 0 Å². The predicted octanol–water partition coefficient (Wildman–Crippen LogP) is 4.27. The summed E-state index contributed by atoms with van der Waals surface area (Å²) in [6, 6.07) is 12.8. The highest BCUT2D eigenvalue weighted by Gasteiger charge is 2.30. The smallest absolute Gasteiger partial charge is 0.356 e. The molecule has 0 aliphatic heterocycles. The number of hydrogen-bond donors (Lipinski definition) is 2. The molecule has 0 saturated heterocycles. The van der Waals surface area contributed by atoms with Crippen LogP contribution in [-0.4, -0.2) is 44.5 Å². The number of carbonyl (C=O) groups is 1. The maximum atomic E-state index is 12.9. The van der Waals surface area contributed by atoms with Crippen LogP contribution in [0.5, 0.6) is 0 Å². The van der Waals surface area contributed by atoms with Crippen LogP contribution in [0.15, 0.2) is 53.5 Å². The molecule has 2 N–H and O–H groups in total. The molecule has 168 valence electrons. The number of nitrogens with zero attached hydrogens (tertiary/aromatic N) is 2. The van der Waals surface area contributed by atoms with E-state index in [1.807, 2.05) is 19.1 Å². The van der Waals surface area contributed by atoms with Gasteiger partial charge in [-0.25, -0.2) is 0 Å². The first-order valence-corrected chi connectivity index (χ1v) is 10.0. The molecule has 8 heteroatoms. The van der Waals surface area contributed by atoms with E-state index in [2.05, 4.69) is 15.6 Å². The molecular weight excluding hydrogens is 405 g/mol. The Morgan fingerprint density at radius 1 is 1.10 bits per heavy atom. The minimum Gasteiger partial charge on any atom is -0.356 e. The van der Waals surface area contributed by atoms with Crippen molar-refractivity contribution >= 4 is 11.9 Å². The highest BCUT2D eigenvalue weighted by atomic mass is 19.4. The van der Waals surface area contributed by atoms with Crippen LogP contribution in [0.3, 0.4) is 0 Å². The van der Waals surface area contributed by atoms with Gasteiger partial charge < -0.3 is 15.5 Å². The summed E-state index contributed by atoms with van der Waals surface area (Å²) in [5.41, 5.74) is 1.66. The van der Waals surface area contributed by atoms with Crippen molar-refractivity contribution in [3.8, 4) is 0 Å². The van der Waals surface area contributed by atoms with E-state index in [9.17, 15) is 18.0 Å². The van der Waals surface area contributed by atoms with Gasteiger partial charge in [-0.15, -0.1) is 0 Å². The van der Waals surface area contributed by atoms with Crippen LogP contribution in [0.2, 0.25) is 0 Å². The average molecular weight is 435 g/mol. The number of amides is 1. The summed E-state index contributed by atoms with van der Waals surface area (Å²) in [5, 5.41) is 6.38. The molecule has 5 nitrogen and oxygen atoms in total. The number of benzene rings is 2. The lowest BCUT2D eigenvalue weighted by atomic mass is 9.96. The molecule has 1 amide bonds. The molecule has 1 atom stereocenters. The van der Waals surface area contributed by atoms with Crippen LogP contribution in [0, 0.1) is 0 Å². The van der Waals surface area contributed by atoms with E-state index in [0.29, 0.717) is 36.6 Å². The van der Waals surface area contributed by atoms with Gasteiger partial charge >= 0.3 is 6.18 Å². The largest absolute Gasteiger partial charge is 0.416 e. The molecule has 2 aromatic carbocycles. The summed E-state index contributed by atoms with van der Waals surface area (Å²) in [6.07, 6.45) is -3.68. The van der Waals surface area contributed by atoms with Gasteiger partial charge in [-0.3, -0.25) is 9.79 Å². The van der Waals surface area contributed by atoms with Crippen LogP contribution in [0.4, 0.5) is 13.2 Å². The molecule has 1 unspecified atom stereocenters. The van der Waals surface area contributed by atoms with E-state index < -0.39 is 11.7 Å². The van der Waals surface area contributed by atoms with E-state index in [-0.39, 0.29) is 11.8 Å². The van der Waals surface area contributed by atoms with Gasteiger partial charge in [0.05, 0.1) is 5.56 Å². The normalized spacial score (nSPS) is 12.9. The first kappa shape index (κ1) is 24.2. The maximum absolute atomic E-state index is 12.9. The second kappa shape index (κ2) is 10.8. The van der Waals surface area contributed by atoms with E-state index in [1.165, 1.54) is 17.0 Å². The number of guanidine groups is 1. The molecule has 2 aromatic rings. The molecule has 0 aromatic heterocycles. The number of carbonyl (C=O) groups excluding carboxylic acids is 1. The highest BCUT2D eigenvalue weighted by molar-refractivity contribution is 5.93. The quantitative estimate of drug-likeness (QED) is 0.506. The van der Waals surface area contributed by atoms with E-state index in [1.54, 1.807) is 39.3 Å². The zero-order valence-electron chi connectivity index (χ0n) is 18.3. The molecule has 0 radical (unpaired) electrons. The Balaban J connectivity index is 1.83. The van der Waals surface area contributed by atoms with Gasteiger partial charge in [-0.1, -0.05) is 37.3 Å². The third-order valence-electron chi connectivity index (χ3n) is 4.94. The van der Waals surface area contributed by atoms with Crippen molar-refractivity contribution in [1.82, 2.24) is 15.5 Å². The Bertz CT molecular complexity index is 892. The SMILES string of the molecule is CN=C(NCCC(C)c1cccc(C(F)(F)F)c1)NCc1ccc(C(=O)N(C)C)cc1. The highest BCUT2D eigenvalue weighted by Crippen LogP contribution is 2.31. The van der Waals surface area contributed by atoms with Crippen LogP contribution in [0.25, 0.3) is 0 Å². The van der Waals surface area contributed by atoms with Crippen LogP contribution >= 0.6 is 0 Å². The minimum atomic E-state index is -4.34. The third kappa shape index (κ3) is 7.31. The second-order valence-electron chi connectivity index (χ2n) is 7.56. The van der Waals surface area contributed by atoms with E-state index in [4.69, 9.17) is 0 Å². The Labute approximate surface area is 181 Å². The molecule has 0 aliphatic rings. The van der Waals surface area contributed by atoms with Gasteiger partial charge in [0, 0.05) is 39.8 Å². The Morgan fingerprint density at radius 3 is 2.35 bits per heavy atom. The second-order valence-corrected chi connectivity index (χ2v) is 7.56. The molecular formula is C23H29F3N4O. The molecule has 0 saturated carbocycles. The monoisotopic (exact) mass is 434 g/mol. The van der Waals surface area contributed by atoms with Gasteiger partial charge in [0.1, 0.15) is 0 Å². The standard InChI is InChI=1S/C23H29F3N4O/c1-16(19-6-5-7-20(14-19)23(24,25)26)12-13-28-22(27-2)29-15-17-8-10-18(11-9-17)21(31)30(3)4/h5-11,14,16H,12-13,15H2,1-4H3,(H2,27,28,29). The van der Waals surface area contributed by atoms with Crippen molar-refractivity contribution in [2.24, 2.45) is 4.99 Å². The summed E-state index contributed by atoms with van der Waals surface area (Å²) < 4.78 is 38.7. The molecule has 0 fully saturated rings. The van der Waals surface area contributed by atoms with Crippen molar-refractivity contribution in [3.63, 3.8) is 0 Å². The Hall–Kier alpha value is -3.03. The topological polar surface area (TPSA) is 56.7 Å². The van der Waals surface area contributed by atoms with Crippen LogP contribution in [-0.2, 0) is 12.7 Å². The fourth-order valence-electron chi connectivity index (χ4n) is 3.03. The minimum absolute atomic E-state index is 0.0327. The molecule has 0 aliphatic carbocycles. The zero-order valence-corrected chi connectivity index (χ0v) is 18.3. The lowest BCUT2D eigenvalue weighted by Crippen LogP contribution is -2.37. The number of nitrogens with one attached hydrogen (secondary N) is 2. The summed E-state index contributed by atoms with van der Waals surface area (Å²) in [7, 11) is 5.08. The van der Waals surface area contributed by atoms with Gasteiger partial charge in [-0.2, -0.15) is 13.2 Å². The lowest BCUT2D eigenvalue weighted by Gasteiger charge is -2.16. The fourth-order valence-corrected chi connectivity index (χ4v) is 3.03. The zero-order chi connectivity index (χ0) is 23.0. The van der Waals surface area contributed by atoms with Crippen LogP contribution in [0.1, 0.15) is 46.3 Å². The van der Waals surface area contributed by atoms with Crippen molar-refractivity contribution < 1.29 is 18.0 Å². The number of alkyl halides is 3. The van der Waals surface area contributed by atoms with Crippen molar-refractivity contribution in [3.05, 3.63) is 70.8 Å². The fraction of sp³-hybridized carbons (Fsp3) is 0.391. The average Bonchev–Trinajstić information content (AvgIpc) is 2.75. The number of rotatable bonds is 7. The van der Waals surface area contributed by atoms with Crippen molar-refractivity contribution in [2.45, 2.75) is 32.0 Å². The first-order chi connectivity index (χ1) is 14.6. The molecule has 0 bridgehead atoms. The van der Waals surface area contributed by atoms with Gasteiger partial charge in [0.15, 0.2) is 5.96 Å². The van der Waals surface area contributed by atoms with Crippen molar-refractivity contribution in [1.29, 1.82) is 0 Å². The Morgan fingerprint density at radius 2 is 1.77 bits per heavy atom. The Kier molecular flexibility index (Phi) is 8.47. The van der Waals surface area contributed by atoms with Gasteiger partial charge in [0.25, 0.3) is 5.91 Å². The number of aliphatic imine (C=N–C) groups is 1. The van der Waals surface area contributed by atoms with Crippen LogP contribution < -0.4 is 10.6 Å². The third-order valence-corrected chi connectivity index (χ3v) is 4.94. The van der Waals surface area contributed by atoms with Gasteiger partial charge in [-0.05, 0) is 41.7 Å². The first-order valence-electron chi connectivity index (χ1n) is 10.0. The molecule has 31 heavy (non-hydrogen) atoms. The molecule has 0 spiro atoms. The summed E-state index contributed by atoms with van der Waals surface area (Å²) in [5.74, 6) is 0.520. The van der Waals surface area contributed by atoms with Crippen molar-refractivity contribution in [2.75, 3.05) is 27.7 Å².